The van der Waals surface area contributed by atoms with Crippen LogP contribution in [0, 0.1) is 0 Å². The fraction of sp³-hybridized carbons (Fsp3) is 0.400. The zero-order valence-corrected chi connectivity index (χ0v) is 22.3. The van der Waals surface area contributed by atoms with Crippen LogP contribution in [0.15, 0.2) is 48.4 Å². The van der Waals surface area contributed by atoms with Gasteiger partial charge in [0, 0.05) is 57.1 Å². The molecule has 0 spiro atoms. The van der Waals surface area contributed by atoms with Crippen molar-refractivity contribution in [1.82, 2.24) is 30.2 Å². The third-order valence-corrected chi connectivity index (χ3v) is 6.35. The number of alkyl halides is 2. The highest BCUT2D eigenvalue weighted by molar-refractivity contribution is 6.31. The normalized spacial score (nSPS) is 13.7. The molecular formula is C25H32ClF2N7O3. The Bertz CT molecular complexity index is 1190. The molecule has 3 N–H and O–H groups in total. The summed E-state index contributed by atoms with van der Waals surface area (Å²) in [5.41, 5.74) is 0.612. The summed E-state index contributed by atoms with van der Waals surface area (Å²) >= 11 is 6.16. The maximum Gasteiger partial charge on any atom is 0.387 e. The monoisotopic (exact) mass is 551 g/mol. The van der Waals surface area contributed by atoms with Crippen LogP contribution in [0.3, 0.4) is 0 Å². The number of ether oxygens (including phenoxy) is 1. The third kappa shape index (κ3) is 7.01. The first-order chi connectivity index (χ1) is 18.2. The molecule has 1 aromatic heterocycles. The van der Waals surface area contributed by atoms with Crippen molar-refractivity contribution >= 4 is 29.1 Å². The Morgan fingerprint density at radius 3 is 2.47 bits per heavy atom. The molecule has 1 saturated heterocycles. The Morgan fingerprint density at radius 2 is 1.89 bits per heavy atom. The summed E-state index contributed by atoms with van der Waals surface area (Å²) in [6, 6.07) is 4.11. The summed E-state index contributed by atoms with van der Waals surface area (Å²) in [7, 11) is 3.27. The highest BCUT2D eigenvalue weighted by Gasteiger charge is 2.24. The molecule has 0 atom stereocenters. The highest BCUT2D eigenvalue weighted by atomic mass is 35.5. The average molecular weight is 552 g/mol. The number of hydrogen-bond donors (Lipinski definition) is 3. The van der Waals surface area contributed by atoms with Gasteiger partial charge in [-0.05, 0) is 24.7 Å². The summed E-state index contributed by atoms with van der Waals surface area (Å²) < 4.78 is 32.3. The molecule has 1 aliphatic rings. The molecule has 0 bridgehead atoms. The smallest absolute Gasteiger partial charge is 0.387 e. The topological polar surface area (TPSA) is 104 Å². The number of piperazine rings is 1. The lowest BCUT2D eigenvalue weighted by Crippen LogP contribution is -2.49. The maximum atomic E-state index is 13.1. The molecule has 1 aliphatic heterocycles. The number of nitrogens with one attached hydrogen (secondary N) is 3. The van der Waals surface area contributed by atoms with Crippen molar-refractivity contribution in [2.45, 2.75) is 20.1 Å². The standard InChI is InChI=1S/C25H32ClF2N7O3/c1-5-17(23(29-3)30-4)24(37)31-19-14-35(15-21(36)34-11-9-33(6-2)10-12-34)32-22(19)18-13-16(26)7-8-20(18)38-25(27)28/h5,7-8,13-14,25,29-30H,1,6,9-12,15H2,2-4H3,(H,31,37). The molecule has 0 radical (unpaired) electrons. The molecule has 0 aliphatic carbocycles. The van der Waals surface area contributed by atoms with E-state index in [1.54, 1.807) is 19.0 Å². The van der Waals surface area contributed by atoms with Gasteiger partial charge in [-0.25, -0.2) is 0 Å². The fourth-order valence-electron chi connectivity index (χ4n) is 4.12. The second kappa shape index (κ2) is 13.2. The zero-order chi connectivity index (χ0) is 27.8. The number of halogens is 3. The van der Waals surface area contributed by atoms with Crippen molar-refractivity contribution in [3.05, 3.63) is 53.5 Å². The molecule has 3 rings (SSSR count). The highest BCUT2D eigenvalue weighted by Crippen LogP contribution is 2.37. The van der Waals surface area contributed by atoms with Crippen molar-refractivity contribution in [2.75, 3.05) is 52.1 Å². The van der Waals surface area contributed by atoms with Crippen LogP contribution in [-0.4, -0.2) is 84.8 Å². The lowest BCUT2D eigenvalue weighted by atomic mass is 10.1. The van der Waals surface area contributed by atoms with Gasteiger partial charge >= 0.3 is 6.61 Å². The van der Waals surface area contributed by atoms with Gasteiger partial charge in [0.1, 0.15) is 23.8 Å². The predicted molar refractivity (Wildman–Crippen MR) is 142 cm³/mol. The molecule has 1 fully saturated rings. The van der Waals surface area contributed by atoms with E-state index in [1.807, 2.05) is 0 Å². The van der Waals surface area contributed by atoms with Gasteiger partial charge in [-0.1, -0.05) is 31.2 Å². The van der Waals surface area contributed by atoms with Crippen molar-refractivity contribution in [2.24, 2.45) is 0 Å². The molecule has 2 amide bonds. The van der Waals surface area contributed by atoms with Crippen LogP contribution in [0.1, 0.15) is 6.92 Å². The van der Waals surface area contributed by atoms with Gasteiger partial charge in [-0.2, -0.15) is 13.9 Å². The van der Waals surface area contributed by atoms with Crippen LogP contribution < -0.4 is 20.7 Å². The van der Waals surface area contributed by atoms with Crippen molar-refractivity contribution in [1.29, 1.82) is 0 Å². The molecule has 2 heterocycles. The number of hydrogen-bond acceptors (Lipinski definition) is 7. The first kappa shape index (κ1) is 28.9. The van der Waals surface area contributed by atoms with Crippen LogP contribution in [0.4, 0.5) is 14.5 Å². The Labute approximate surface area is 225 Å². The molecule has 2 aromatic rings. The molecule has 206 valence electrons. The summed E-state index contributed by atoms with van der Waals surface area (Å²) in [5.74, 6) is -0.461. The molecule has 1 aromatic carbocycles. The zero-order valence-electron chi connectivity index (χ0n) is 21.6. The van der Waals surface area contributed by atoms with Gasteiger partial charge in [0.15, 0.2) is 0 Å². The van der Waals surface area contributed by atoms with Gasteiger partial charge in [-0.15, -0.1) is 0 Å². The van der Waals surface area contributed by atoms with Crippen LogP contribution in [0.5, 0.6) is 5.75 Å². The first-order valence-electron chi connectivity index (χ1n) is 12.1. The Hall–Kier alpha value is -3.64. The number of likely N-dealkylation sites (N-methyl/N-ethyl adjacent to an activating group) is 1. The summed E-state index contributed by atoms with van der Waals surface area (Å²) in [6.07, 6.45) is 2.84. The van der Waals surface area contributed by atoms with E-state index in [1.165, 1.54) is 35.2 Å². The quantitative estimate of drug-likeness (QED) is 0.291. The number of benzene rings is 1. The van der Waals surface area contributed by atoms with Gasteiger partial charge in [0.2, 0.25) is 5.91 Å². The van der Waals surface area contributed by atoms with E-state index < -0.39 is 12.5 Å². The molecule has 0 unspecified atom stereocenters. The molecule has 13 heteroatoms. The van der Waals surface area contributed by atoms with Gasteiger partial charge in [0.25, 0.3) is 5.91 Å². The summed E-state index contributed by atoms with van der Waals surface area (Å²) in [5, 5.41) is 13.2. The number of carbonyl (C=O) groups excluding carboxylic acids is 2. The van der Waals surface area contributed by atoms with E-state index in [-0.39, 0.29) is 45.7 Å². The molecule has 38 heavy (non-hydrogen) atoms. The number of rotatable bonds is 11. The number of nitrogens with zero attached hydrogens (tertiary/aromatic N) is 4. The average Bonchev–Trinajstić information content (AvgIpc) is 3.29. The predicted octanol–water partition coefficient (Wildman–Crippen LogP) is 2.74. The Kier molecular flexibility index (Phi) is 10.1. The van der Waals surface area contributed by atoms with Crippen molar-refractivity contribution in [3.63, 3.8) is 0 Å². The minimum absolute atomic E-state index is 0.108. The minimum Gasteiger partial charge on any atom is -0.434 e. The van der Waals surface area contributed by atoms with E-state index in [2.05, 4.69) is 44.2 Å². The van der Waals surface area contributed by atoms with Crippen LogP contribution in [0.2, 0.25) is 5.02 Å². The maximum absolute atomic E-state index is 13.1. The minimum atomic E-state index is -3.09. The molecular weight excluding hydrogens is 520 g/mol. The molecule has 10 nitrogen and oxygen atoms in total. The van der Waals surface area contributed by atoms with Crippen LogP contribution in [0.25, 0.3) is 11.3 Å². The van der Waals surface area contributed by atoms with Gasteiger partial charge in [0.05, 0.1) is 11.3 Å². The second-order valence-electron chi connectivity index (χ2n) is 8.37. The summed E-state index contributed by atoms with van der Waals surface area (Å²) in [6.45, 7) is 6.22. The number of anilines is 1. The van der Waals surface area contributed by atoms with E-state index in [0.29, 0.717) is 18.9 Å². The van der Waals surface area contributed by atoms with E-state index in [0.717, 1.165) is 19.6 Å². The lowest BCUT2D eigenvalue weighted by Gasteiger charge is -2.34. The SMILES string of the molecule is C=CC(C(=O)Nc1cn(CC(=O)N2CCN(CC)CC2)nc1-c1cc(Cl)ccc1OC(F)F)=C(NC)NC. The van der Waals surface area contributed by atoms with Crippen LogP contribution >= 0.6 is 11.6 Å². The van der Waals surface area contributed by atoms with Crippen LogP contribution in [-0.2, 0) is 16.1 Å². The van der Waals surface area contributed by atoms with Gasteiger partial charge in [-0.3, -0.25) is 14.3 Å². The number of aromatic nitrogens is 2. The van der Waals surface area contributed by atoms with Crippen molar-refractivity contribution in [3.8, 4) is 17.0 Å². The number of amides is 2. The van der Waals surface area contributed by atoms with E-state index in [4.69, 9.17) is 11.6 Å². The lowest BCUT2D eigenvalue weighted by molar-refractivity contribution is -0.133. The third-order valence-electron chi connectivity index (χ3n) is 6.11. The fourth-order valence-corrected chi connectivity index (χ4v) is 4.30. The Morgan fingerprint density at radius 1 is 1.21 bits per heavy atom. The largest absolute Gasteiger partial charge is 0.434 e. The number of carbonyl (C=O) groups is 2. The second-order valence-corrected chi connectivity index (χ2v) is 8.81. The molecule has 0 saturated carbocycles. The first-order valence-corrected chi connectivity index (χ1v) is 12.4. The summed E-state index contributed by atoms with van der Waals surface area (Å²) in [4.78, 5) is 30.2. The van der Waals surface area contributed by atoms with E-state index >= 15 is 0 Å². The Balaban J connectivity index is 1.99. The van der Waals surface area contributed by atoms with E-state index in [9.17, 15) is 18.4 Å². The van der Waals surface area contributed by atoms with Crippen molar-refractivity contribution < 1.29 is 23.1 Å². The van der Waals surface area contributed by atoms with Gasteiger partial charge < -0.3 is 30.5 Å².